The first-order valence-corrected chi connectivity index (χ1v) is 12.8. The minimum absolute atomic E-state index is 0.0323. The number of oxazole rings is 1. The van der Waals surface area contributed by atoms with E-state index in [0.29, 0.717) is 0 Å². The molecule has 11 nitrogen and oxygen atoms in total. The number of benzene rings is 1. The molecule has 220 valence electrons. The fourth-order valence-corrected chi connectivity index (χ4v) is 3.85. The minimum atomic E-state index is -0.865. The van der Waals surface area contributed by atoms with Gasteiger partial charge in [-0.05, 0) is 44.0 Å². The van der Waals surface area contributed by atoms with Crippen molar-refractivity contribution in [2.45, 2.75) is 45.9 Å². The molecular weight excluding hydrogens is 552 g/mol. The van der Waals surface area contributed by atoms with Crippen LogP contribution >= 0.6 is 0 Å². The van der Waals surface area contributed by atoms with Crippen LogP contribution in [0.25, 0.3) is 0 Å². The molecule has 0 fully saturated rings. The second-order valence-corrected chi connectivity index (χ2v) is 10.2. The number of methoxy groups -OCH3 is 1. The molecule has 0 unspecified atom stereocenters. The van der Waals surface area contributed by atoms with E-state index in [2.05, 4.69) is 20.6 Å². The maximum Gasteiger partial charge on any atom is 0.412 e. The van der Waals surface area contributed by atoms with Crippen molar-refractivity contribution in [2.75, 3.05) is 12.4 Å². The van der Waals surface area contributed by atoms with E-state index < -0.39 is 34.8 Å². The Morgan fingerprint density at radius 2 is 1.76 bits per heavy atom. The average Bonchev–Trinajstić information content (AvgIpc) is 3.39. The molecule has 2 amide bonds. The maximum atomic E-state index is 15.0. The summed E-state index contributed by atoms with van der Waals surface area (Å²) in [6, 6.07) is 9.80. The lowest BCUT2D eigenvalue weighted by Crippen LogP contribution is -2.27. The number of halogens is 2. The van der Waals surface area contributed by atoms with Crippen molar-refractivity contribution >= 4 is 17.7 Å². The second kappa shape index (κ2) is 12.6. The van der Waals surface area contributed by atoms with E-state index >= 15 is 4.39 Å². The molecule has 4 aromatic rings. The topological polar surface area (TPSA) is 138 Å². The molecule has 0 aliphatic heterocycles. The number of pyridine rings is 2. The van der Waals surface area contributed by atoms with Gasteiger partial charge < -0.3 is 23.8 Å². The number of nitrogens with zero attached hydrogens (tertiary/aromatic N) is 3. The first-order valence-electron chi connectivity index (χ1n) is 12.8. The molecule has 3 heterocycles. The molecule has 0 bridgehead atoms. The molecule has 2 N–H and O–H groups in total. The van der Waals surface area contributed by atoms with Crippen molar-refractivity contribution in [1.82, 2.24) is 19.9 Å². The van der Waals surface area contributed by atoms with Crippen molar-refractivity contribution < 1.29 is 32.3 Å². The molecule has 0 atom stereocenters. The lowest BCUT2D eigenvalue weighted by atomic mass is 10.1. The molecule has 0 radical (unpaired) electrons. The maximum absolute atomic E-state index is 15.0. The zero-order chi connectivity index (χ0) is 30.4. The number of hydrogen-bond donors (Lipinski definition) is 2. The minimum Gasteiger partial charge on any atom is -0.491 e. The third kappa shape index (κ3) is 7.56. The molecule has 4 rings (SSSR count). The van der Waals surface area contributed by atoms with Crippen molar-refractivity contribution in [3.8, 4) is 5.75 Å². The Kier molecular flexibility index (Phi) is 8.99. The summed E-state index contributed by atoms with van der Waals surface area (Å²) in [4.78, 5) is 44.7. The van der Waals surface area contributed by atoms with Crippen molar-refractivity contribution in [3.63, 3.8) is 0 Å². The van der Waals surface area contributed by atoms with Crippen LogP contribution in [0.1, 0.15) is 54.0 Å². The highest BCUT2D eigenvalue weighted by Crippen LogP contribution is 2.29. The van der Waals surface area contributed by atoms with Crippen LogP contribution in [-0.2, 0) is 24.2 Å². The standard InChI is InChI=1S/C29H29F2N5O6/c1-29(2,3)42-28(39)35-21-14-32-20(24(31)25(21)40-4)13-34-26(37)22-15-33-23(41-22)12-17-7-9-18(10-8-17)16-36-11-5-6-19(30)27(36)38/h5-11,14-15H,12-13,16H2,1-4H3,(H,34,37)(H,35,39). The summed E-state index contributed by atoms with van der Waals surface area (Å²) in [5, 5.41) is 4.91. The Bertz CT molecular complexity index is 1640. The van der Waals surface area contributed by atoms with Crippen LogP contribution in [-0.4, -0.2) is 39.2 Å². The number of carbonyl (C=O) groups is 2. The highest BCUT2D eigenvalue weighted by atomic mass is 19.1. The zero-order valence-corrected chi connectivity index (χ0v) is 23.4. The van der Waals surface area contributed by atoms with Gasteiger partial charge in [-0.1, -0.05) is 24.3 Å². The van der Waals surface area contributed by atoms with E-state index in [1.807, 2.05) is 12.1 Å². The van der Waals surface area contributed by atoms with E-state index in [-0.39, 0.29) is 48.3 Å². The predicted octanol–water partition coefficient (Wildman–Crippen LogP) is 4.43. The van der Waals surface area contributed by atoms with Gasteiger partial charge in [0, 0.05) is 12.6 Å². The molecule has 1 aromatic carbocycles. The van der Waals surface area contributed by atoms with Crippen LogP contribution in [0, 0.1) is 11.6 Å². The Morgan fingerprint density at radius 1 is 1.05 bits per heavy atom. The summed E-state index contributed by atoms with van der Waals surface area (Å²) in [5.41, 5.74) is 0.0117. The monoisotopic (exact) mass is 581 g/mol. The molecule has 0 spiro atoms. The summed E-state index contributed by atoms with van der Waals surface area (Å²) in [6.45, 7) is 4.98. The molecule has 0 saturated carbocycles. The number of carbonyl (C=O) groups excluding carboxylic acids is 2. The van der Waals surface area contributed by atoms with Gasteiger partial charge in [0.2, 0.25) is 5.76 Å². The summed E-state index contributed by atoms with van der Waals surface area (Å²) in [5.74, 6) is -2.39. The highest BCUT2D eigenvalue weighted by Gasteiger charge is 2.22. The Labute approximate surface area is 239 Å². The lowest BCUT2D eigenvalue weighted by molar-refractivity contribution is 0.0635. The largest absolute Gasteiger partial charge is 0.491 e. The Hall–Kier alpha value is -5.07. The molecule has 0 saturated heterocycles. The molecule has 3 aromatic heterocycles. The van der Waals surface area contributed by atoms with Crippen LogP contribution in [0.5, 0.6) is 5.75 Å². The van der Waals surface area contributed by atoms with Gasteiger partial charge in [0.15, 0.2) is 23.3 Å². The SMILES string of the molecule is COc1c(NC(=O)OC(C)(C)C)cnc(CNC(=O)c2cnc(Cc3ccc(Cn4cccc(F)c4=O)cc3)o2)c1F. The number of ether oxygens (including phenoxy) is 2. The number of hydrogen-bond acceptors (Lipinski definition) is 8. The Morgan fingerprint density at radius 3 is 2.45 bits per heavy atom. The summed E-state index contributed by atoms with van der Waals surface area (Å²) >= 11 is 0. The Balaban J connectivity index is 1.34. The lowest BCUT2D eigenvalue weighted by Gasteiger charge is -2.20. The fraction of sp³-hybridized carbons (Fsp3) is 0.276. The van der Waals surface area contributed by atoms with Crippen LogP contribution in [0.15, 0.2) is 64.2 Å². The van der Waals surface area contributed by atoms with Crippen molar-refractivity contribution in [3.05, 3.63) is 105 Å². The van der Waals surface area contributed by atoms with Crippen LogP contribution in [0.4, 0.5) is 19.3 Å². The van der Waals surface area contributed by atoms with Gasteiger partial charge in [-0.25, -0.2) is 18.6 Å². The fourth-order valence-electron chi connectivity index (χ4n) is 3.85. The average molecular weight is 582 g/mol. The van der Waals surface area contributed by atoms with Crippen LogP contribution < -0.4 is 20.9 Å². The number of aromatic nitrogens is 3. The van der Waals surface area contributed by atoms with Crippen LogP contribution in [0.3, 0.4) is 0 Å². The van der Waals surface area contributed by atoms with E-state index in [4.69, 9.17) is 13.9 Å². The molecule has 0 aliphatic carbocycles. The van der Waals surface area contributed by atoms with Gasteiger partial charge in [0.25, 0.3) is 11.5 Å². The van der Waals surface area contributed by atoms with Gasteiger partial charge in [0.1, 0.15) is 11.3 Å². The van der Waals surface area contributed by atoms with Crippen molar-refractivity contribution in [1.29, 1.82) is 0 Å². The van der Waals surface area contributed by atoms with Gasteiger partial charge in [-0.15, -0.1) is 0 Å². The molecule has 42 heavy (non-hydrogen) atoms. The van der Waals surface area contributed by atoms with Crippen molar-refractivity contribution in [2.24, 2.45) is 0 Å². The van der Waals surface area contributed by atoms with E-state index in [9.17, 15) is 18.8 Å². The number of amides is 2. The first kappa shape index (κ1) is 29.9. The van der Waals surface area contributed by atoms with Crippen LogP contribution in [0.2, 0.25) is 0 Å². The number of anilines is 1. The zero-order valence-electron chi connectivity index (χ0n) is 23.4. The second-order valence-electron chi connectivity index (χ2n) is 10.2. The van der Waals surface area contributed by atoms with E-state index in [0.717, 1.165) is 17.2 Å². The molecule has 13 heteroatoms. The third-order valence-corrected chi connectivity index (χ3v) is 5.79. The van der Waals surface area contributed by atoms with Gasteiger partial charge in [0.05, 0.1) is 38.3 Å². The number of nitrogens with one attached hydrogen (secondary N) is 2. The molecular formula is C29H29F2N5O6. The van der Waals surface area contributed by atoms with E-state index in [1.54, 1.807) is 32.9 Å². The quantitative estimate of drug-likeness (QED) is 0.296. The summed E-state index contributed by atoms with van der Waals surface area (Å²) in [6.07, 6.45) is 3.45. The van der Waals surface area contributed by atoms with Gasteiger partial charge >= 0.3 is 6.09 Å². The summed E-state index contributed by atoms with van der Waals surface area (Å²) < 4.78 is 45.6. The normalized spacial score (nSPS) is 11.2. The van der Waals surface area contributed by atoms with Gasteiger partial charge in [-0.3, -0.25) is 19.9 Å². The number of rotatable bonds is 9. The summed E-state index contributed by atoms with van der Waals surface area (Å²) in [7, 11) is 1.23. The molecule has 0 aliphatic rings. The van der Waals surface area contributed by atoms with E-state index in [1.165, 1.54) is 36.3 Å². The third-order valence-electron chi connectivity index (χ3n) is 5.79. The van der Waals surface area contributed by atoms with Gasteiger partial charge in [-0.2, -0.15) is 0 Å². The smallest absolute Gasteiger partial charge is 0.412 e. The highest BCUT2D eigenvalue weighted by molar-refractivity contribution is 5.91. The first-order chi connectivity index (χ1) is 19.9. The predicted molar refractivity (Wildman–Crippen MR) is 147 cm³/mol.